The Kier molecular flexibility index (Phi) is 4.99. The second-order valence-corrected chi connectivity index (χ2v) is 4.76. The van der Waals surface area contributed by atoms with Gasteiger partial charge in [-0.05, 0) is 49.2 Å². The van der Waals surface area contributed by atoms with Crippen LogP contribution in [0.1, 0.15) is 25.0 Å². The summed E-state index contributed by atoms with van der Waals surface area (Å²) >= 11 is 0. The van der Waals surface area contributed by atoms with Gasteiger partial charge in [-0.2, -0.15) is 0 Å². The van der Waals surface area contributed by atoms with E-state index < -0.39 is 5.82 Å². The first-order valence-corrected chi connectivity index (χ1v) is 6.92. The molecule has 4 nitrogen and oxygen atoms in total. The number of aryl methyl sites for hydroxylation is 1. The molecular weight excluding hydrogens is 285 g/mol. The van der Waals surface area contributed by atoms with Gasteiger partial charge < -0.3 is 14.7 Å². The smallest absolute Gasteiger partial charge is 0.169 e. The molecule has 1 N–H and O–H groups in total. The van der Waals surface area contributed by atoms with Gasteiger partial charge >= 0.3 is 0 Å². The molecule has 0 bridgehead atoms. The van der Waals surface area contributed by atoms with Crippen LogP contribution in [0.5, 0.6) is 17.2 Å². The van der Waals surface area contributed by atoms with Crippen LogP contribution in [0, 0.1) is 5.82 Å². The molecule has 0 heterocycles. The fourth-order valence-electron chi connectivity index (χ4n) is 1.99. The van der Waals surface area contributed by atoms with Crippen molar-refractivity contribution in [3.63, 3.8) is 0 Å². The largest absolute Gasteiger partial charge is 0.504 e. The van der Waals surface area contributed by atoms with E-state index in [1.54, 1.807) is 25.1 Å². The van der Waals surface area contributed by atoms with Gasteiger partial charge in [0.25, 0.3) is 0 Å². The van der Waals surface area contributed by atoms with Crippen molar-refractivity contribution in [2.24, 2.45) is 5.16 Å². The van der Waals surface area contributed by atoms with E-state index in [0.29, 0.717) is 11.3 Å². The number of phenolic OH excluding ortho intramolecular Hbond substituents is 1. The summed E-state index contributed by atoms with van der Waals surface area (Å²) in [7, 11) is 1.43. The zero-order chi connectivity index (χ0) is 16.1. The van der Waals surface area contributed by atoms with E-state index in [9.17, 15) is 9.50 Å². The first kappa shape index (κ1) is 15.8. The van der Waals surface area contributed by atoms with Crippen molar-refractivity contribution in [1.82, 2.24) is 0 Å². The molecule has 2 aromatic carbocycles. The fraction of sp³-hybridized carbons (Fsp3) is 0.235. The van der Waals surface area contributed by atoms with Gasteiger partial charge in [0.1, 0.15) is 7.11 Å². The van der Waals surface area contributed by atoms with Crippen LogP contribution in [-0.2, 0) is 11.3 Å². The molecule has 0 aliphatic carbocycles. The Morgan fingerprint density at radius 2 is 1.91 bits per heavy atom. The molecule has 0 spiro atoms. The third-order valence-corrected chi connectivity index (χ3v) is 3.23. The van der Waals surface area contributed by atoms with E-state index in [1.807, 2.05) is 13.0 Å². The number of benzene rings is 2. The number of oxime groups is 1. The summed E-state index contributed by atoms with van der Waals surface area (Å²) in [6.07, 6.45) is 0.801. The van der Waals surface area contributed by atoms with Gasteiger partial charge in [-0.25, -0.2) is 4.39 Å². The molecule has 2 rings (SSSR count). The molecule has 0 amide bonds. The van der Waals surface area contributed by atoms with Crippen molar-refractivity contribution in [3.8, 4) is 17.2 Å². The second kappa shape index (κ2) is 6.93. The Morgan fingerprint density at radius 3 is 2.50 bits per heavy atom. The Balaban J connectivity index is 2.25. The van der Waals surface area contributed by atoms with Crippen LogP contribution in [-0.4, -0.2) is 17.9 Å². The van der Waals surface area contributed by atoms with E-state index in [0.717, 1.165) is 12.0 Å². The Hall–Kier alpha value is -2.56. The number of hydrogen-bond donors (Lipinski definition) is 1. The summed E-state index contributed by atoms with van der Waals surface area (Å²) in [5.74, 6) is -0.304. The summed E-state index contributed by atoms with van der Waals surface area (Å²) in [6.45, 7) is 3.70. The topological polar surface area (TPSA) is 51.0 Å². The summed E-state index contributed by atoms with van der Waals surface area (Å²) < 4.78 is 19.5. The normalized spacial score (nSPS) is 11.4. The molecule has 2 aromatic rings. The van der Waals surface area contributed by atoms with Gasteiger partial charge in [0.2, 0.25) is 0 Å². The van der Waals surface area contributed by atoms with Crippen LogP contribution in [0.3, 0.4) is 0 Å². The van der Waals surface area contributed by atoms with E-state index in [4.69, 9.17) is 4.74 Å². The van der Waals surface area contributed by atoms with E-state index in [1.165, 1.54) is 19.2 Å². The summed E-state index contributed by atoms with van der Waals surface area (Å²) in [5.41, 5.74) is 2.13. The van der Waals surface area contributed by atoms with Gasteiger partial charge in [0.05, 0.1) is 5.71 Å². The van der Waals surface area contributed by atoms with Crippen LogP contribution in [0.15, 0.2) is 41.6 Å². The minimum Gasteiger partial charge on any atom is -0.504 e. The lowest BCUT2D eigenvalue weighted by Crippen LogP contribution is -1.98. The average molecular weight is 303 g/mol. The van der Waals surface area contributed by atoms with Gasteiger partial charge in [-0.1, -0.05) is 18.1 Å². The van der Waals surface area contributed by atoms with Crippen molar-refractivity contribution in [1.29, 1.82) is 0 Å². The molecule has 0 unspecified atom stereocenters. The predicted molar refractivity (Wildman–Crippen MR) is 83.2 cm³/mol. The van der Waals surface area contributed by atoms with Crippen molar-refractivity contribution in [3.05, 3.63) is 53.3 Å². The molecule has 116 valence electrons. The van der Waals surface area contributed by atoms with Crippen molar-refractivity contribution in [2.45, 2.75) is 20.3 Å². The second-order valence-electron chi connectivity index (χ2n) is 4.76. The lowest BCUT2D eigenvalue weighted by molar-refractivity contribution is 0.213. The van der Waals surface area contributed by atoms with E-state index >= 15 is 0 Å². The minimum absolute atomic E-state index is 0.0139. The average Bonchev–Trinajstić information content (AvgIpc) is 2.51. The number of phenols is 1. The predicted octanol–water partition coefficient (Wildman–Crippen LogP) is 4.26. The van der Waals surface area contributed by atoms with Crippen LogP contribution in [0.4, 0.5) is 4.39 Å². The molecular formula is C17H18FNO3. The SMILES string of the molecule is CCc1ccc(Oc2ccc(/C(C)=N\OC)cc2F)c(O)c1. The third kappa shape index (κ3) is 3.55. The molecule has 0 aliphatic heterocycles. The van der Waals surface area contributed by atoms with Crippen LogP contribution >= 0.6 is 0 Å². The molecule has 22 heavy (non-hydrogen) atoms. The maximum absolute atomic E-state index is 14.1. The molecule has 0 aliphatic rings. The highest BCUT2D eigenvalue weighted by Gasteiger charge is 2.11. The van der Waals surface area contributed by atoms with Gasteiger partial charge in [0, 0.05) is 5.56 Å². The lowest BCUT2D eigenvalue weighted by atomic mass is 10.1. The molecule has 0 atom stereocenters. The van der Waals surface area contributed by atoms with Gasteiger partial charge in [0.15, 0.2) is 23.1 Å². The molecule has 0 aromatic heterocycles. The van der Waals surface area contributed by atoms with Crippen LogP contribution in [0.25, 0.3) is 0 Å². The molecule has 0 radical (unpaired) electrons. The third-order valence-electron chi connectivity index (χ3n) is 3.23. The van der Waals surface area contributed by atoms with Crippen LogP contribution < -0.4 is 4.74 Å². The monoisotopic (exact) mass is 303 g/mol. The van der Waals surface area contributed by atoms with Crippen molar-refractivity contribution < 1.29 is 19.1 Å². The molecule has 5 heteroatoms. The summed E-state index contributed by atoms with van der Waals surface area (Å²) in [4.78, 5) is 4.66. The van der Waals surface area contributed by atoms with E-state index in [2.05, 4.69) is 9.99 Å². The zero-order valence-electron chi connectivity index (χ0n) is 12.8. The number of halogens is 1. The number of nitrogens with zero attached hydrogens (tertiary/aromatic N) is 1. The Morgan fingerprint density at radius 1 is 1.18 bits per heavy atom. The Bertz CT molecular complexity index is 698. The fourth-order valence-corrected chi connectivity index (χ4v) is 1.99. The maximum atomic E-state index is 14.1. The van der Waals surface area contributed by atoms with Crippen LogP contribution in [0.2, 0.25) is 0 Å². The molecule has 0 fully saturated rings. The van der Waals surface area contributed by atoms with E-state index in [-0.39, 0.29) is 17.2 Å². The number of hydrogen-bond acceptors (Lipinski definition) is 4. The first-order valence-electron chi connectivity index (χ1n) is 6.92. The quantitative estimate of drug-likeness (QED) is 0.663. The van der Waals surface area contributed by atoms with Crippen molar-refractivity contribution in [2.75, 3.05) is 7.11 Å². The standard InChI is InChI=1S/C17H18FNO3/c1-4-12-5-7-17(15(20)9-12)22-16-8-6-13(10-14(16)18)11(2)19-21-3/h5-10,20H,4H2,1-3H3/b19-11-. The molecule has 0 saturated heterocycles. The van der Waals surface area contributed by atoms with Gasteiger partial charge in [-0.3, -0.25) is 0 Å². The minimum atomic E-state index is -0.540. The number of rotatable bonds is 5. The maximum Gasteiger partial charge on any atom is 0.169 e. The summed E-state index contributed by atoms with van der Waals surface area (Å²) in [6, 6.07) is 9.54. The highest BCUT2D eigenvalue weighted by molar-refractivity contribution is 5.98. The highest BCUT2D eigenvalue weighted by Crippen LogP contribution is 2.33. The lowest BCUT2D eigenvalue weighted by Gasteiger charge is -2.10. The first-order chi connectivity index (χ1) is 10.5. The summed E-state index contributed by atoms with van der Waals surface area (Å²) in [5, 5.41) is 13.7. The highest BCUT2D eigenvalue weighted by atomic mass is 19.1. The number of ether oxygens (including phenoxy) is 1. The number of aromatic hydroxyl groups is 1. The zero-order valence-corrected chi connectivity index (χ0v) is 12.8. The van der Waals surface area contributed by atoms with Crippen molar-refractivity contribution >= 4 is 5.71 Å². The molecule has 0 saturated carbocycles. The Labute approximate surface area is 128 Å². The van der Waals surface area contributed by atoms with Gasteiger partial charge in [-0.15, -0.1) is 0 Å².